The number of nitrogens with zero attached hydrogens (tertiary/aromatic N) is 2. The number of halogens is 1. The summed E-state index contributed by atoms with van der Waals surface area (Å²) in [6.45, 7) is 2.66. The van der Waals surface area contributed by atoms with Crippen molar-refractivity contribution in [2.45, 2.75) is 24.8 Å². The van der Waals surface area contributed by atoms with Crippen LogP contribution in [0.25, 0.3) is 10.9 Å². The Balaban J connectivity index is 1.84. The van der Waals surface area contributed by atoms with E-state index in [0.29, 0.717) is 12.1 Å². The second-order valence-electron chi connectivity index (χ2n) is 7.19. The van der Waals surface area contributed by atoms with Crippen LogP contribution in [0.5, 0.6) is 0 Å². The van der Waals surface area contributed by atoms with E-state index in [1.807, 2.05) is 37.4 Å². The van der Waals surface area contributed by atoms with E-state index >= 15 is 0 Å². The second-order valence-corrected chi connectivity index (χ2v) is 9.92. The van der Waals surface area contributed by atoms with Gasteiger partial charge in [0.2, 0.25) is 0 Å². The van der Waals surface area contributed by atoms with E-state index in [2.05, 4.69) is 44.5 Å². The Morgan fingerprint density at radius 1 is 1.10 bits per heavy atom. The summed E-state index contributed by atoms with van der Waals surface area (Å²) in [5, 5.41) is 7.45. The zero-order chi connectivity index (χ0) is 22.0. The number of aromatic nitrogens is 2. The van der Waals surface area contributed by atoms with Gasteiger partial charge in [0, 0.05) is 46.4 Å². The Morgan fingerprint density at radius 2 is 1.94 bits per heavy atom. The molecule has 0 atom stereocenters. The fourth-order valence-corrected chi connectivity index (χ4v) is 5.38. The Bertz CT molecular complexity index is 1330. The molecule has 2 N–H and O–H groups in total. The molecule has 2 aromatic heterocycles. The Hall–Kier alpha value is -2.68. The first-order valence-electron chi connectivity index (χ1n) is 9.93. The molecule has 2 aromatic carbocycles. The molecule has 0 fully saturated rings. The molecule has 31 heavy (non-hydrogen) atoms. The molecule has 0 saturated carbocycles. The van der Waals surface area contributed by atoms with Crippen molar-refractivity contribution in [3.8, 4) is 0 Å². The standard InChI is InChI=1S/C23H23BrN4O2S/c1-3-16-11-18(24)6-9-22(16)27-19-7-8-21-17(13-25-2)15-28(23(21)12-19)31(29,30)20-5-4-10-26-14-20/h4-12,14-15,25,27H,3,13H2,1-2H3. The van der Waals surface area contributed by atoms with E-state index in [-0.39, 0.29) is 4.90 Å². The van der Waals surface area contributed by atoms with Crippen LogP contribution in [0, 0.1) is 0 Å². The summed E-state index contributed by atoms with van der Waals surface area (Å²) in [6.07, 6.45) is 5.49. The number of hydrogen-bond acceptors (Lipinski definition) is 5. The zero-order valence-electron chi connectivity index (χ0n) is 17.3. The summed E-state index contributed by atoms with van der Waals surface area (Å²) in [6, 6.07) is 15.1. The van der Waals surface area contributed by atoms with Crippen LogP contribution in [0.15, 0.2) is 76.5 Å². The van der Waals surface area contributed by atoms with Gasteiger partial charge < -0.3 is 10.6 Å². The maximum Gasteiger partial charge on any atom is 0.269 e. The van der Waals surface area contributed by atoms with E-state index in [0.717, 1.165) is 33.2 Å². The monoisotopic (exact) mass is 498 g/mol. The lowest BCUT2D eigenvalue weighted by Crippen LogP contribution is -2.12. The highest BCUT2D eigenvalue weighted by Crippen LogP contribution is 2.31. The van der Waals surface area contributed by atoms with Crippen LogP contribution in [-0.2, 0) is 23.0 Å². The van der Waals surface area contributed by atoms with Crippen molar-refractivity contribution in [1.29, 1.82) is 0 Å². The predicted octanol–water partition coefficient (Wildman–Crippen LogP) is 5.06. The molecule has 0 aliphatic carbocycles. The lowest BCUT2D eigenvalue weighted by atomic mass is 10.1. The van der Waals surface area contributed by atoms with Crippen molar-refractivity contribution in [3.05, 3.63) is 82.7 Å². The van der Waals surface area contributed by atoms with Gasteiger partial charge in [-0.25, -0.2) is 12.4 Å². The van der Waals surface area contributed by atoms with E-state index in [1.165, 1.54) is 15.7 Å². The smallest absolute Gasteiger partial charge is 0.269 e. The Kier molecular flexibility index (Phi) is 6.13. The van der Waals surface area contributed by atoms with Crippen LogP contribution in [0.2, 0.25) is 0 Å². The summed E-state index contributed by atoms with van der Waals surface area (Å²) in [5.74, 6) is 0. The first-order chi connectivity index (χ1) is 14.9. The van der Waals surface area contributed by atoms with Gasteiger partial charge in [0.25, 0.3) is 10.0 Å². The molecule has 0 bridgehead atoms. The third-order valence-electron chi connectivity index (χ3n) is 5.14. The van der Waals surface area contributed by atoms with Crippen LogP contribution in [-0.4, -0.2) is 24.4 Å². The lowest BCUT2D eigenvalue weighted by Gasteiger charge is -2.13. The van der Waals surface area contributed by atoms with E-state index in [9.17, 15) is 8.42 Å². The molecule has 4 rings (SSSR count). The van der Waals surface area contributed by atoms with Gasteiger partial charge in [-0.3, -0.25) is 4.98 Å². The summed E-state index contributed by atoms with van der Waals surface area (Å²) in [5.41, 5.74) is 4.52. The number of hydrogen-bond donors (Lipinski definition) is 2. The van der Waals surface area contributed by atoms with Crippen LogP contribution in [0.3, 0.4) is 0 Å². The number of pyridine rings is 1. The average Bonchev–Trinajstić information content (AvgIpc) is 3.14. The van der Waals surface area contributed by atoms with Crippen molar-refractivity contribution in [3.63, 3.8) is 0 Å². The second kappa shape index (κ2) is 8.82. The SMILES string of the molecule is CCc1cc(Br)ccc1Nc1ccc2c(CNC)cn(S(=O)(=O)c3cccnc3)c2c1. The van der Waals surface area contributed by atoms with Crippen molar-refractivity contribution in [1.82, 2.24) is 14.3 Å². The van der Waals surface area contributed by atoms with Crippen LogP contribution in [0.4, 0.5) is 11.4 Å². The zero-order valence-corrected chi connectivity index (χ0v) is 19.7. The molecule has 0 amide bonds. The molecule has 160 valence electrons. The highest BCUT2D eigenvalue weighted by atomic mass is 79.9. The minimum atomic E-state index is -3.78. The number of rotatable bonds is 7. The summed E-state index contributed by atoms with van der Waals surface area (Å²) in [7, 11) is -1.94. The van der Waals surface area contributed by atoms with Gasteiger partial charge in [0.1, 0.15) is 4.90 Å². The number of fused-ring (bicyclic) bond motifs is 1. The molecule has 2 heterocycles. The predicted molar refractivity (Wildman–Crippen MR) is 128 cm³/mol. The molecule has 0 unspecified atom stereocenters. The van der Waals surface area contributed by atoms with E-state index < -0.39 is 10.0 Å². The van der Waals surface area contributed by atoms with Crippen molar-refractivity contribution in [2.75, 3.05) is 12.4 Å². The van der Waals surface area contributed by atoms with Gasteiger partial charge >= 0.3 is 0 Å². The maximum absolute atomic E-state index is 13.3. The minimum absolute atomic E-state index is 0.155. The molecule has 8 heteroatoms. The van der Waals surface area contributed by atoms with E-state index in [4.69, 9.17) is 0 Å². The van der Waals surface area contributed by atoms with Crippen molar-refractivity contribution < 1.29 is 8.42 Å². The van der Waals surface area contributed by atoms with Gasteiger partial charge in [-0.2, -0.15) is 0 Å². The summed E-state index contributed by atoms with van der Waals surface area (Å²) >= 11 is 3.52. The quantitative estimate of drug-likeness (QED) is 0.372. The van der Waals surface area contributed by atoms with Crippen molar-refractivity contribution >= 4 is 48.2 Å². The van der Waals surface area contributed by atoms with Gasteiger partial charge in [-0.1, -0.05) is 28.9 Å². The number of benzene rings is 2. The normalized spacial score (nSPS) is 11.7. The van der Waals surface area contributed by atoms with Crippen LogP contribution < -0.4 is 10.6 Å². The molecular weight excluding hydrogens is 476 g/mol. The fourth-order valence-electron chi connectivity index (χ4n) is 3.62. The lowest BCUT2D eigenvalue weighted by molar-refractivity contribution is 0.588. The van der Waals surface area contributed by atoms with Gasteiger partial charge in [-0.05, 0) is 67.1 Å². The summed E-state index contributed by atoms with van der Waals surface area (Å²) in [4.78, 5) is 4.13. The maximum atomic E-state index is 13.3. The molecule has 6 nitrogen and oxygen atoms in total. The Morgan fingerprint density at radius 3 is 2.65 bits per heavy atom. The average molecular weight is 499 g/mol. The van der Waals surface area contributed by atoms with Gasteiger partial charge in [0.05, 0.1) is 5.52 Å². The number of anilines is 2. The highest BCUT2D eigenvalue weighted by molar-refractivity contribution is 9.10. The third-order valence-corrected chi connectivity index (χ3v) is 7.29. The third kappa shape index (κ3) is 4.23. The molecule has 0 saturated heterocycles. The molecular formula is C23H23BrN4O2S. The topological polar surface area (TPSA) is 76.0 Å². The Labute approximate surface area is 190 Å². The molecule has 0 aliphatic heterocycles. The first kappa shape index (κ1) is 21.5. The summed E-state index contributed by atoms with van der Waals surface area (Å²) < 4.78 is 29.1. The van der Waals surface area contributed by atoms with Crippen LogP contribution >= 0.6 is 15.9 Å². The van der Waals surface area contributed by atoms with Crippen molar-refractivity contribution in [2.24, 2.45) is 0 Å². The van der Waals surface area contributed by atoms with Gasteiger partial charge in [-0.15, -0.1) is 0 Å². The fraction of sp³-hybridized carbons (Fsp3) is 0.174. The largest absolute Gasteiger partial charge is 0.355 e. The van der Waals surface area contributed by atoms with Gasteiger partial charge in [0.15, 0.2) is 0 Å². The van der Waals surface area contributed by atoms with Crippen LogP contribution in [0.1, 0.15) is 18.1 Å². The molecule has 0 radical (unpaired) electrons. The number of nitrogens with one attached hydrogen (secondary N) is 2. The molecule has 0 spiro atoms. The molecule has 4 aromatic rings. The highest BCUT2D eigenvalue weighted by Gasteiger charge is 2.21. The number of aryl methyl sites for hydroxylation is 1. The molecule has 0 aliphatic rings. The minimum Gasteiger partial charge on any atom is -0.355 e. The van der Waals surface area contributed by atoms with E-state index in [1.54, 1.807) is 24.5 Å². The first-order valence-corrected chi connectivity index (χ1v) is 12.2.